The van der Waals surface area contributed by atoms with E-state index < -0.39 is 6.10 Å². The molecule has 2 aromatic rings. The molecule has 1 fully saturated rings. The fourth-order valence-corrected chi connectivity index (χ4v) is 3.29. The number of aromatic nitrogens is 2. The van der Waals surface area contributed by atoms with Crippen LogP contribution in [0.4, 0.5) is 0 Å². The van der Waals surface area contributed by atoms with E-state index in [-0.39, 0.29) is 18.1 Å². The number of hydrogen-bond donors (Lipinski definition) is 0. The van der Waals surface area contributed by atoms with Crippen LogP contribution in [0.2, 0.25) is 0 Å². The van der Waals surface area contributed by atoms with Gasteiger partial charge in [-0.1, -0.05) is 17.3 Å². The van der Waals surface area contributed by atoms with Gasteiger partial charge in [0.1, 0.15) is 12.1 Å². The van der Waals surface area contributed by atoms with Crippen molar-refractivity contribution in [2.75, 3.05) is 6.54 Å². The lowest BCUT2D eigenvalue weighted by Gasteiger charge is -2.34. The summed E-state index contributed by atoms with van der Waals surface area (Å²) in [6, 6.07) is 7.20. The van der Waals surface area contributed by atoms with Gasteiger partial charge in [0.2, 0.25) is 12.0 Å². The first-order valence-electron chi connectivity index (χ1n) is 8.16. The summed E-state index contributed by atoms with van der Waals surface area (Å²) in [5.41, 5.74) is 0. The van der Waals surface area contributed by atoms with E-state index in [1.807, 2.05) is 31.2 Å². The molecular weight excluding hydrogens is 310 g/mol. The van der Waals surface area contributed by atoms with E-state index in [0.29, 0.717) is 29.8 Å². The predicted octanol–water partition coefficient (Wildman–Crippen LogP) is 2.27. The number of rotatable bonds is 2. The van der Waals surface area contributed by atoms with E-state index in [4.69, 9.17) is 14.0 Å². The number of para-hydroxylation sites is 2. The number of fused-ring (bicyclic) bond motifs is 1. The van der Waals surface area contributed by atoms with Crippen LogP contribution in [0.25, 0.3) is 0 Å². The predicted molar refractivity (Wildman–Crippen MR) is 83.7 cm³/mol. The molecule has 3 atom stereocenters. The summed E-state index contributed by atoms with van der Waals surface area (Å²) in [5.74, 6) is 2.22. The van der Waals surface area contributed by atoms with Crippen molar-refractivity contribution in [2.45, 2.75) is 44.9 Å². The number of hydrogen-bond acceptors (Lipinski definition) is 6. The molecule has 1 aromatic carbocycles. The first-order valence-corrected chi connectivity index (χ1v) is 8.16. The molecule has 1 saturated heterocycles. The van der Waals surface area contributed by atoms with Crippen LogP contribution in [0.15, 0.2) is 28.8 Å². The number of amides is 1. The summed E-state index contributed by atoms with van der Waals surface area (Å²) >= 11 is 0. The monoisotopic (exact) mass is 329 g/mol. The van der Waals surface area contributed by atoms with E-state index in [9.17, 15) is 4.79 Å². The van der Waals surface area contributed by atoms with Gasteiger partial charge in [-0.25, -0.2) is 0 Å². The Morgan fingerprint density at radius 3 is 2.71 bits per heavy atom. The normalized spacial score (nSPS) is 25.8. The molecule has 0 spiro atoms. The Bertz CT molecular complexity index is 760. The summed E-state index contributed by atoms with van der Waals surface area (Å²) in [6.45, 7) is 4.27. The molecule has 24 heavy (non-hydrogen) atoms. The molecule has 3 heterocycles. The number of benzene rings is 1. The Hall–Kier alpha value is -2.57. The number of ether oxygens (including phenoxy) is 2. The standard InChI is InChI=1S/C17H19N3O4/c1-10-15(23-14-8-4-3-7-13(14)22-10)17(21)20-9-5-6-12(20)16-18-11(2)19-24-16/h3-4,7-8,10,12,15H,5-6,9H2,1-2H3. The lowest BCUT2D eigenvalue weighted by molar-refractivity contribution is -0.145. The van der Waals surface area contributed by atoms with Gasteiger partial charge in [0, 0.05) is 6.54 Å². The highest BCUT2D eigenvalue weighted by Gasteiger charge is 2.42. The topological polar surface area (TPSA) is 77.7 Å². The third-order valence-electron chi connectivity index (χ3n) is 4.45. The van der Waals surface area contributed by atoms with Crippen LogP contribution in [0.3, 0.4) is 0 Å². The molecule has 7 heteroatoms. The van der Waals surface area contributed by atoms with Crippen molar-refractivity contribution in [2.24, 2.45) is 0 Å². The Labute approximate surface area is 139 Å². The molecule has 2 aliphatic heterocycles. The van der Waals surface area contributed by atoms with Crippen LogP contribution in [-0.4, -0.2) is 39.7 Å². The summed E-state index contributed by atoms with van der Waals surface area (Å²) in [6.07, 6.45) is 0.671. The summed E-state index contributed by atoms with van der Waals surface area (Å²) < 4.78 is 17.0. The third kappa shape index (κ3) is 2.50. The number of aryl methyl sites for hydroxylation is 1. The van der Waals surface area contributed by atoms with Gasteiger partial charge in [-0.05, 0) is 38.8 Å². The van der Waals surface area contributed by atoms with Gasteiger partial charge >= 0.3 is 0 Å². The molecule has 1 aromatic heterocycles. The van der Waals surface area contributed by atoms with Gasteiger partial charge in [-0.3, -0.25) is 4.79 Å². The second-order valence-corrected chi connectivity index (χ2v) is 6.18. The second kappa shape index (κ2) is 5.81. The summed E-state index contributed by atoms with van der Waals surface area (Å²) in [4.78, 5) is 19.1. The molecule has 0 N–H and O–H groups in total. The van der Waals surface area contributed by atoms with Gasteiger partial charge in [-0.15, -0.1) is 0 Å². The SMILES string of the molecule is Cc1noc(C2CCCN2C(=O)C2Oc3ccccc3OC2C)n1. The molecule has 0 saturated carbocycles. The molecule has 3 unspecified atom stereocenters. The zero-order valence-electron chi connectivity index (χ0n) is 13.6. The van der Waals surface area contributed by atoms with Gasteiger partial charge in [-0.2, -0.15) is 4.98 Å². The maximum absolute atomic E-state index is 13.0. The Balaban J connectivity index is 1.57. The number of likely N-dealkylation sites (tertiary alicyclic amines) is 1. The van der Waals surface area contributed by atoms with Crippen molar-refractivity contribution in [1.82, 2.24) is 15.0 Å². The number of nitrogens with zero attached hydrogens (tertiary/aromatic N) is 3. The number of carbonyl (C=O) groups is 1. The quantitative estimate of drug-likeness (QED) is 0.841. The summed E-state index contributed by atoms with van der Waals surface area (Å²) in [7, 11) is 0. The number of carbonyl (C=O) groups excluding carboxylic acids is 1. The Morgan fingerprint density at radius 2 is 2.00 bits per heavy atom. The lowest BCUT2D eigenvalue weighted by Crippen LogP contribution is -2.50. The van der Waals surface area contributed by atoms with Gasteiger partial charge in [0.25, 0.3) is 5.91 Å². The molecule has 0 aliphatic carbocycles. The lowest BCUT2D eigenvalue weighted by atomic mass is 10.1. The minimum atomic E-state index is -0.676. The highest BCUT2D eigenvalue weighted by atomic mass is 16.6. The first kappa shape index (κ1) is 15.0. The zero-order valence-corrected chi connectivity index (χ0v) is 13.6. The smallest absolute Gasteiger partial charge is 0.268 e. The molecule has 0 radical (unpaired) electrons. The maximum atomic E-state index is 13.0. The van der Waals surface area contributed by atoms with Crippen molar-refractivity contribution in [3.63, 3.8) is 0 Å². The van der Waals surface area contributed by atoms with Gasteiger partial charge in [0.05, 0.1) is 0 Å². The molecule has 7 nitrogen and oxygen atoms in total. The van der Waals surface area contributed by atoms with Crippen LogP contribution in [-0.2, 0) is 4.79 Å². The fraction of sp³-hybridized carbons (Fsp3) is 0.471. The molecular formula is C17H19N3O4. The van der Waals surface area contributed by atoms with Crippen LogP contribution in [0.1, 0.15) is 37.5 Å². The zero-order chi connectivity index (χ0) is 16.7. The van der Waals surface area contributed by atoms with E-state index in [2.05, 4.69) is 10.1 Å². The average molecular weight is 329 g/mol. The largest absolute Gasteiger partial charge is 0.482 e. The fourth-order valence-electron chi connectivity index (χ4n) is 3.29. The maximum Gasteiger partial charge on any atom is 0.268 e. The van der Waals surface area contributed by atoms with Crippen LogP contribution >= 0.6 is 0 Å². The van der Waals surface area contributed by atoms with E-state index in [0.717, 1.165) is 12.8 Å². The van der Waals surface area contributed by atoms with Crippen LogP contribution in [0.5, 0.6) is 11.5 Å². The molecule has 126 valence electrons. The third-order valence-corrected chi connectivity index (χ3v) is 4.45. The van der Waals surface area contributed by atoms with Crippen molar-refractivity contribution >= 4 is 5.91 Å². The first-order chi connectivity index (χ1) is 11.6. The summed E-state index contributed by atoms with van der Waals surface area (Å²) in [5, 5.41) is 3.83. The van der Waals surface area contributed by atoms with Crippen molar-refractivity contribution < 1.29 is 18.8 Å². The van der Waals surface area contributed by atoms with Crippen LogP contribution < -0.4 is 9.47 Å². The van der Waals surface area contributed by atoms with E-state index in [1.165, 1.54) is 0 Å². The highest BCUT2D eigenvalue weighted by Crippen LogP contribution is 2.36. The van der Waals surface area contributed by atoms with Crippen molar-refractivity contribution in [3.8, 4) is 11.5 Å². The second-order valence-electron chi connectivity index (χ2n) is 6.18. The molecule has 4 rings (SSSR count). The molecule has 2 aliphatic rings. The van der Waals surface area contributed by atoms with E-state index in [1.54, 1.807) is 11.8 Å². The Morgan fingerprint density at radius 1 is 1.25 bits per heavy atom. The molecule has 1 amide bonds. The highest BCUT2D eigenvalue weighted by molar-refractivity contribution is 5.83. The van der Waals surface area contributed by atoms with Crippen molar-refractivity contribution in [3.05, 3.63) is 36.0 Å². The minimum Gasteiger partial charge on any atom is -0.482 e. The molecule has 0 bridgehead atoms. The van der Waals surface area contributed by atoms with Crippen LogP contribution in [0, 0.1) is 6.92 Å². The van der Waals surface area contributed by atoms with Gasteiger partial charge < -0.3 is 18.9 Å². The van der Waals surface area contributed by atoms with E-state index >= 15 is 0 Å². The average Bonchev–Trinajstić information content (AvgIpc) is 3.22. The Kier molecular flexibility index (Phi) is 3.63. The minimum absolute atomic E-state index is 0.102. The van der Waals surface area contributed by atoms with Gasteiger partial charge in [0.15, 0.2) is 17.3 Å². The van der Waals surface area contributed by atoms with Crippen molar-refractivity contribution in [1.29, 1.82) is 0 Å².